The first-order chi connectivity index (χ1) is 14.1. The van der Waals surface area contributed by atoms with Crippen LogP contribution in [0.4, 0.5) is 0 Å². The highest BCUT2D eigenvalue weighted by molar-refractivity contribution is 6.03. The third-order valence-electron chi connectivity index (χ3n) is 3.73. The third kappa shape index (κ3) is 13.5. The summed E-state index contributed by atoms with van der Waals surface area (Å²) >= 11 is 0. The first kappa shape index (κ1) is 27.3. The lowest BCUT2D eigenvalue weighted by atomic mass is 10.1. The molecule has 0 heterocycles. The van der Waals surface area contributed by atoms with Crippen LogP contribution in [0.3, 0.4) is 0 Å². The zero-order valence-corrected chi connectivity index (χ0v) is 18.1. The van der Waals surface area contributed by atoms with Crippen molar-refractivity contribution < 1.29 is 33.4 Å². The van der Waals surface area contributed by atoms with Crippen molar-refractivity contribution in [3.05, 3.63) is 0 Å². The maximum atomic E-state index is 12.3. The molecule has 11 nitrogen and oxygen atoms in total. The Hall–Kier alpha value is -2.69. The molecular formula is C19H34N4O7. The van der Waals surface area contributed by atoms with Crippen LogP contribution < -0.4 is 21.7 Å². The highest BCUT2D eigenvalue weighted by Gasteiger charge is 2.31. The zero-order chi connectivity index (χ0) is 23.1. The van der Waals surface area contributed by atoms with E-state index >= 15 is 0 Å². The molecule has 0 bridgehead atoms. The fourth-order valence-electron chi connectivity index (χ4n) is 1.88. The number of carbonyl (C=O) groups excluding carboxylic acids is 5. The van der Waals surface area contributed by atoms with Gasteiger partial charge in [0.25, 0.3) is 0 Å². The number of hydrogen-bond acceptors (Lipinski definition) is 8. The van der Waals surface area contributed by atoms with E-state index in [0.717, 1.165) is 0 Å². The van der Waals surface area contributed by atoms with Gasteiger partial charge >= 0.3 is 11.9 Å². The van der Waals surface area contributed by atoms with Crippen molar-refractivity contribution in [3.63, 3.8) is 0 Å². The molecule has 5 N–H and O–H groups in total. The first-order valence-electron chi connectivity index (χ1n) is 9.92. The zero-order valence-electron chi connectivity index (χ0n) is 18.1. The monoisotopic (exact) mass is 430 g/mol. The number of esters is 2. The molecule has 0 aliphatic carbocycles. The Kier molecular flexibility index (Phi) is 13.8. The van der Waals surface area contributed by atoms with E-state index in [1.54, 1.807) is 0 Å². The van der Waals surface area contributed by atoms with Crippen LogP contribution in [0.25, 0.3) is 0 Å². The maximum Gasteiger partial charge on any atom is 0.340 e. The second kappa shape index (κ2) is 15.2. The van der Waals surface area contributed by atoms with Gasteiger partial charge in [-0.15, -0.1) is 0 Å². The molecule has 0 spiro atoms. The lowest BCUT2D eigenvalue weighted by molar-refractivity contribution is -0.160. The van der Waals surface area contributed by atoms with Crippen molar-refractivity contribution >= 4 is 29.7 Å². The summed E-state index contributed by atoms with van der Waals surface area (Å²) in [6, 6.07) is -1.63. The van der Waals surface area contributed by atoms with Gasteiger partial charge in [-0.2, -0.15) is 0 Å². The molecule has 11 heteroatoms. The predicted molar refractivity (Wildman–Crippen MR) is 108 cm³/mol. The van der Waals surface area contributed by atoms with E-state index in [1.807, 2.05) is 27.7 Å². The van der Waals surface area contributed by atoms with E-state index in [4.69, 9.17) is 15.2 Å². The van der Waals surface area contributed by atoms with Gasteiger partial charge in [-0.1, -0.05) is 27.7 Å². The minimum absolute atomic E-state index is 0.0969. The van der Waals surface area contributed by atoms with Gasteiger partial charge < -0.3 is 31.2 Å². The summed E-state index contributed by atoms with van der Waals surface area (Å²) in [5.41, 5.74) is 5.10. The highest BCUT2D eigenvalue weighted by Crippen LogP contribution is 2.03. The van der Waals surface area contributed by atoms with Crippen molar-refractivity contribution in [1.29, 1.82) is 0 Å². The number of ether oxygens (including phenoxy) is 2. The second-order valence-electron chi connectivity index (χ2n) is 7.46. The van der Waals surface area contributed by atoms with Crippen molar-refractivity contribution in [2.75, 3.05) is 32.8 Å². The molecule has 0 saturated carbocycles. The number of carbonyl (C=O) groups is 5. The largest absolute Gasteiger partial charge is 0.464 e. The standard InChI is InChI=1S/C19H34N4O7/c1-12(2)5-7-29-18(27)17(19(28)30-8-6-13(3)4)23-16(26)11-22-15(25)10-21-14(24)9-20/h12-13,17H,5-11,20H2,1-4H3,(H,21,24)(H,22,25)(H,23,26). The molecule has 172 valence electrons. The summed E-state index contributed by atoms with van der Waals surface area (Å²) in [6.45, 7) is 6.86. The fraction of sp³-hybridized carbons (Fsp3) is 0.737. The lowest BCUT2D eigenvalue weighted by Gasteiger charge is -2.18. The molecule has 3 amide bonds. The Balaban J connectivity index is 4.73. The van der Waals surface area contributed by atoms with Crippen LogP contribution in [0.15, 0.2) is 0 Å². The summed E-state index contributed by atoms with van der Waals surface area (Å²) in [5, 5.41) is 6.71. The third-order valence-corrected chi connectivity index (χ3v) is 3.73. The Morgan fingerprint density at radius 3 is 1.60 bits per heavy atom. The van der Waals surface area contributed by atoms with E-state index in [2.05, 4.69) is 16.0 Å². The minimum Gasteiger partial charge on any atom is -0.464 e. The van der Waals surface area contributed by atoms with E-state index < -0.39 is 42.2 Å². The topological polar surface area (TPSA) is 166 Å². The normalized spacial score (nSPS) is 10.7. The molecule has 0 fully saturated rings. The van der Waals surface area contributed by atoms with Crippen LogP contribution in [-0.4, -0.2) is 68.6 Å². The minimum atomic E-state index is -1.63. The second-order valence-corrected chi connectivity index (χ2v) is 7.46. The van der Waals surface area contributed by atoms with Crippen molar-refractivity contribution in [2.45, 2.75) is 46.6 Å². The number of nitrogens with one attached hydrogen (secondary N) is 3. The molecule has 0 aromatic carbocycles. The molecule has 0 aliphatic rings. The number of rotatable bonds is 14. The van der Waals surface area contributed by atoms with Gasteiger partial charge in [-0.3, -0.25) is 14.4 Å². The van der Waals surface area contributed by atoms with Crippen molar-refractivity contribution in [3.8, 4) is 0 Å². The average molecular weight is 431 g/mol. The number of amides is 3. The maximum absolute atomic E-state index is 12.3. The summed E-state index contributed by atoms with van der Waals surface area (Å²) in [7, 11) is 0. The fourth-order valence-corrected chi connectivity index (χ4v) is 1.88. The molecule has 0 saturated heterocycles. The molecular weight excluding hydrogens is 396 g/mol. The molecule has 0 radical (unpaired) electrons. The SMILES string of the molecule is CC(C)CCOC(=O)C(NC(=O)CNC(=O)CNC(=O)CN)C(=O)OCCC(C)C. The number of hydrogen-bond donors (Lipinski definition) is 4. The van der Waals surface area contributed by atoms with E-state index in [-0.39, 0.29) is 26.3 Å². The summed E-state index contributed by atoms with van der Waals surface area (Å²) < 4.78 is 10.1. The van der Waals surface area contributed by atoms with Gasteiger partial charge in [-0.05, 0) is 24.7 Å². The van der Waals surface area contributed by atoms with Crippen molar-refractivity contribution in [1.82, 2.24) is 16.0 Å². The summed E-state index contributed by atoms with van der Waals surface area (Å²) in [5.74, 6) is -3.23. The highest BCUT2D eigenvalue weighted by atomic mass is 16.6. The average Bonchev–Trinajstić information content (AvgIpc) is 2.67. The molecule has 0 unspecified atom stereocenters. The van der Waals surface area contributed by atoms with Gasteiger partial charge in [0.2, 0.25) is 23.8 Å². The molecule has 0 aromatic rings. The quantitative estimate of drug-likeness (QED) is 0.198. The molecule has 0 aromatic heterocycles. The Bertz CT molecular complexity index is 567. The van der Waals surface area contributed by atoms with Crippen LogP contribution >= 0.6 is 0 Å². The van der Waals surface area contributed by atoms with Crippen LogP contribution in [0.5, 0.6) is 0 Å². The molecule has 30 heavy (non-hydrogen) atoms. The lowest BCUT2D eigenvalue weighted by Crippen LogP contribution is -2.51. The first-order valence-corrected chi connectivity index (χ1v) is 9.92. The Morgan fingerprint density at radius 1 is 0.733 bits per heavy atom. The van der Waals surface area contributed by atoms with Crippen LogP contribution in [0.2, 0.25) is 0 Å². The van der Waals surface area contributed by atoms with Gasteiger partial charge in [0.1, 0.15) is 0 Å². The van der Waals surface area contributed by atoms with Gasteiger partial charge in [0.15, 0.2) is 0 Å². The summed E-state index contributed by atoms with van der Waals surface area (Å²) in [4.78, 5) is 59.2. The Morgan fingerprint density at radius 2 is 1.17 bits per heavy atom. The number of nitrogens with two attached hydrogens (primary N) is 1. The van der Waals surface area contributed by atoms with Crippen LogP contribution in [0.1, 0.15) is 40.5 Å². The Labute approximate surface area is 176 Å². The van der Waals surface area contributed by atoms with Crippen LogP contribution in [0, 0.1) is 11.8 Å². The summed E-state index contributed by atoms with van der Waals surface area (Å²) in [6.07, 6.45) is 1.19. The van der Waals surface area contributed by atoms with Crippen molar-refractivity contribution in [2.24, 2.45) is 17.6 Å². The molecule has 0 rings (SSSR count). The van der Waals surface area contributed by atoms with E-state index in [0.29, 0.717) is 24.7 Å². The van der Waals surface area contributed by atoms with Crippen LogP contribution in [-0.2, 0) is 33.4 Å². The van der Waals surface area contributed by atoms with E-state index in [9.17, 15) is 24.0 Å². The van der Waals surface area contributed by atoms with E-state index in [1.165, 1.54) is 0 Å². The van der Waals surface area contributed by atoms with Gasteiger partial charge in [-0.25, -0.2) is 9.59 Å². The molecule has 0 aliphatic heterocycles. The smallest absolute Gasteiger partial charge is 0.340 e. The predicted octanol–water partition coefficient (Wildman–Crippen LogP) is -1.16. The van der Waals surface area contributed by atoms with Gasteiger partial charge in [0.05, 0.1) is 32.8 Å². The molecule has 0 atom stereocenters. The van der Waals surface area contributed by atoms with Gasteiger partial charge in [0, 0.05) is 0 Å².